The molecule has 0 amide bonds. The average Bonchev–Trinajstić information content (AvgIpc) is 3.20. The number of likely N-dealkylation sites (N-methyl/N-ethyl adjacent to an activating group) is 1. The van der Waals surface area contributed by atoms with Crippen LogP contribution in [0.4, 0.5) is 0 Å². The van der Waals surface area contributed by atoms with Gasteiger partial charge in [-0.2, -0.15) is 0 Å². The number of unbranched alkanes of at least 4 members (excludes halogenated alkanes) is 19. The van der Waals surface area contributed by atoms with E-state index in [0.29, 0.717) is 13.0 Å². The lowest BCUT2D eigenvalue weighted by molar-refractivity contribution is -0.161. The van der Waals surface area contributed by atoms with Crippen molar-refractivity contribution in [3.05, 3.63) is 60.8 Å². The van der Waals surface area contributed by atoms with E-state index >= 15 is 0 Å². The molecule has 0 bridgehead atoms. The molecule has 2 unspecified atom stereocenters. The van der Waals surface area contributed by atoms with Gasteiger partial charge in [-0.25, -0.2) is 4.57 Å². The van der Waals surface area contributed by atoms with Gasteiger partial charge in [-0.05, 0) is 65.5 Å². The first-order valence-corrected chi connectivity index (χ1v) is 25.1. The summed E-state index contributed by atoms with van der Waals surface area (Å²) in [6.45, 7) is 4.22. The van der Waals surface area contributed by atoms with E-state index in [1.165, 1.54) is 116 Å². The summed E-state index contributed by atoms with van der Waals surface area (Å²) in [5.41, 5.74) is 0. The van der Waals surface area contributed by atoms with Crippen molar-refractivity contribution in [3.63, 3.8) is 0 Å². The molecule has 0 rings (SSSR count). The zero-order chi connectivity index (χ0) is 43.3. The molecule has 0 aromatic heterocycles. The van der Waals surface area contributed by atoms with Gasteiger partial charge >= 0.3 is 19.8 Å². The second-order valence-corrected chi connectivity index (χ2v) is 17.4. The summed E-state index contributed by atoms with van der Waals surface area (Å²) in [6, 6.07) is 0. The van der Waals surface area contributed by atoms with Crippen LogP contribution < -0.4 is 0 Å². The van der Waals surface area contributed by atoms with Crippen molar-refractivity contribution in [1.82, 2.24) is 4.90 Å². The highest BCUT2D eigenvalue weighted by Gasteiger charge is 2.26. The third kappa shape index (κ3) is 45.1. The maximum Gasteiger partial charge on any atom is 0.472 e. The fourth-order valence-electron chi connectivity index (χ4n) is 6.20. The summed E-state index contributed by atoms with van der Waals surface area (Å²) < 4.78 is 33.4. The van der Waals surface area contributed by atoms with Crippen molar-refractivity contribution in [1.29, 1.82) is 0 Å². The third-order valence-electron chi connectivity index (χ3n) is 9.84. The molecule has 0 aliphatic carbocycles. The molecular formula is C49H88NO8P. The largest absolute Gasteiger partial charge is 0.472 e. The number of allylic oxidation sites excluding steroid dienone is 10. The van der Waals surface area contributed by atoms with Crippen LogP contribution in [0.3, 0.4) is 0 Å². The minimum Gasteiger partial charge on any atom is -0.462 e. The summed E-state index contributed by atoms with van der Waals surface area (Å²) in [5.74, 6) is -0.896. The van der Waals surface area contributed by atoms with Gasteiger partial charge in [0.2, 0.25) is 0 Å². The van der Waals surface area contributed by atoms with Gasteiger partial charge < -0.3 is 19.3 Å². The van der Waals surface area contributed by atoms with Crippen molar-refractivity contribution in [2.75, 3.05) is 40.5 Å². The molecule has 0 aliphatic rings. The molecule has 0 saturated carbocycles. The van der Waals surface area contributed by atoms with Crippen LogP contribution in [0, 0.1) is 0 Å². The van der Waals surface area contributed by atoms with Gasteiger partial charge in [0.15, 0.2) is 6.10 Å². The predicted molar refractivity (Wildman–Crippen MR) is 247 cm³/mol. The Morgan fingerprint density at radius 1 is 0.525 bits per heavy atom. The van der Waals surface area contributed by atoms with Gasteiger partial charge in [-0.15, -0.1) is 0 Å². The Kier molecular flexibility index (Phi) is 42.1. The van der Waals surface area contributed by atoms with Crippen LogP contribution >= 0.6 is 7.82 Å². The lowest BCUT2D eigenvalue weighted by Crippen LogP contribution is -2.29. The fraction of sp³-hybridized carbons (Fsp3) is 0.755. The van der Waals surface area contributed by atoms with E-state index in [9.17, 15) is 19.0 Å². The van der Waals surface area contributed by atoms with Gasteiger partial charge in [0.1, 0.15) is 6.61 Å². The number of phosphoric ester groups is 1. The normalized spacial score (nSPS) is 13.9. The lowest BCUT2D eigenvalue weighted by atomic mass is 10.0. The van der Waals surface area contributed by atoms with Crippen molar-refractivity contribution in [2.45, 2.75) is 200 Å². The minimum atomic E-state index is -4.38. The Hall–Kier alpha value is -2.29. The number of carbonyl (C=O) groups excluding carboxylic acids is 2. The van der Waals surface area contributed by atoms with Crippen molar-refractivity contribution >= 4 is 19.8 Å². The fourth-order valence-corrected chi connectivity index (χ4v) is 6.94. The van der Waals surface area contributed by atoms with E-state index in [2.05, 4.69) is 62.5 Å². The zero-order valence-electron chi connectivity index (χ0n) is 38.2. The quantitative estimate of drug-likeness (QED) is 0.0277. The van der Waals surface area contributed by atoms with Gasteiger partial charge in [-0.3, -0.25) is 18.6 Å². The molecule has 9 nitrogen and oxygen atoms in total. The number of phosphoric acid groups is 1. The van der Waals surface area contributed by atoms with Gasteiger partial charge in [0, 0.05) is 19.4 Å². The summed E-state index contributed by atoms with van der Waals surface area (Å²) in [5, 5.41) is 0. The molecule has 0 saturated heterocycles. The summed E-state index contributed by atoms with van der Waals surface area (Å²) in [7, 11) is -0.750. The maximum atomic E-state index is 12.6. The van der Waals surface area contributed by atoms with Crippen LogP contribution in [-0.4, -0.2) is 68.3 Å². The van der Waals surface area contributed by atoms with Gasteiger partial charge in [-0.1, -0.05) is 190 Å². The summed E-state index contributed by atoms with van der Waals surface area (Å²) in [4.78, 5) is 37.1. The predicted octanol–water partition coefficient (Wildman–Crippen LogP) is 13.9. The molecule has 0 spiro atoms. The molecule has 0 heterocycles. The smallest absolute Gasteiger partial charge is 0.462 e. The SMILES string of the molecule is CCCCC/C=C\C/C=C\C/C=C\C/C=C\C/C=C\CCC(=O)OC(COC(=O)CCCCCCCCCCCCCCCCCCC)COP(=O)(O)OCCN(C)C. The lowest BCUT2D eigenvalue weighted by Gasteiger charge is -2.20. The molecule has 0 fully saturated rings. The second-order valence-electron chi connectivity index (χ2n) is 15.9. The van der Waals surface area contributed by atoms with Crippen LogP contribution in [0.1, 0.15) is 194 Å². The highest BCUT2D eigenvalue weighted by Crippen LogP contribution is 2.43. The molecular weight excluding hydrogens is 762 g/mol. The number of esters is 2. The van der Waals surface area contributed by atoms with Crippen molar-refractivity contribution in [2.24, 2.45) is 0 Å². The molecule has 342 valence electrons. The first-order chi connectivity index (χ1) is 28.7. The summed E-state index contributed by atoms with van der Waals surface area (Å²) in [6.07, 6.45) is 51.4. The van der Waals surface area contributed by atoms with Crippen LogP contribution in [0.15, 0.2) is 60.8 Å². The minimum absolute atomic E-state index is 0.00698. The number of nitrogens with zero attached hydrogens (tertiary/aromatic N) is 1. The van der Waals surface area contributed by atoms with Gasteiger partial charge in [0.25, 0.3) is 0 Å². The number of rotatable bonds is 43. The van der Waals surface area contributed by atoms with Crippen LogP contribution in [0.2, 0.25) is 0 Å². The molecule has 0 aromatic rings. The van der Waals surface area contributed by atoms with Crippen molar-refractivity contribution < 1.29 is 37.6 Å². The molecule has 0 aliphatic heterocycles. The third-order valence-corrected chi connectivity index (χ3v) is 10.8. The van der Waals surface area contributed by atoms with Gasteiger partial charge in [0.05, 0.1) is 13.2 Å². The molecule has 0 radical (unpaired) electrons. The van der Waals surface area contributed by atoms with E-state index in [4.69, 9.17) is 18.5 Å². The standard InChI is InChI=1S/C49H88NO8P/c1-5-7-9-11-13-15-17-19-21-23-24-26-28-30-32-34-36-38-40-42-49(52)58-47(46-57-59(53,54)56-44-43-50(3)4)45-55-48(51)41-39-37-35-33-31-29-27-25-22-20-18-16-14-12-10-8-6-2/h13,15,19,21,24,26,30,32,36,38,47H,5-12,14,16-18,20,22-23,25,27-29,31,33-35,37,39-46H2,1-4H3,(H,53,54)/b15-13-,21-19-,26-24-,32-30-,38-36-. The Labute approximate surface area is 362 Å². The first kappa shape index (κ1) is 56.7. The van der Waals surface area contributed by atoms with E-state index in [1.807, 2.05) is 31.1 Å². The number of carbonyl (C=O) groups is 2. The van der Waals surface area contributed by atoms with Crippen LogP contribution in [-0.2, 0) is 32.7 Å². The topological polar surface area (TPSA) is 112 Å². The highest BCUT2D eigenvalue weighted by atomic mass is 31.2. The van der Waals surface area contributed by atoms with E-state index in [0.717, 1.165) is 44.9 Å². The second kappa shape index (κ2) is 43.8. The van der Waals surface area contributed by atoms with E-state index in [-0.39, 0.29) is 32.0 Å². The Bertz CT molecular complexity index is 1160. The van der Waals surface area contributed by atoms with E-state index in [1.54, 1.807) is 0 Å². The molecule has 59 heavy (non-hydrogen) atoms. The first-order valence-electron chi connectivity index (χ1n) is 23.6. The highest BCUT2D eigenvalue weighted by molar-refractivity contribution is 7.47. The molecule has 10 heteroatoms. The zero-order valence-corrected chi connectivity index (χ0v) is 39.1. The van der Waals surface area contributed by atoms with Crippen LogP contribution in [0.5, 0.6) is 0 Å². The molecule has 0 aromatic carbocycles. The van der Waals surface area contributed by atoms with E-state index < -0.39 is 26.5 Å². The van der Waals surface area contributed by atoms with Crippen LogP contribution in [0.25, 0.3) is 0 Å². The number of hydrogen-bond donors (Lipinski definition) is 1. The maximum absolute atomic E-state index is 12.6. The molecule has 1 N–H and O–H groups in total. The Balaban J connectivity index is 4.36. The number of hydrogen-bond acceptors (Lipinski definition) is 8. The number of ether oxygens (including phenoxy) is 2. The molecule has 2 atom stereocenters. The Morgan fingerprint density at radius 3 is 1.42 bits per heavy atom. The average molecular weight is 850 g/mol. The monoisotopic (exact) mass is 850 g/mol. The Morgan fingerprint density at radius 2 is 0.949 bits per heavy atom. The summed E-state index contributed by atoms with van der Waals surface area (Å²) >= 11 is 0. The van der Waals surface area contributed by atoms with Crippen molar-refractivity contribution in [3.8, 4) is 0 Å².